The molecule has 10 heteroatoms. The van der Waals surface area contributed by atoms with Crippen LogP contribution >= 0.6 is 0 Å². The van der Waals surface area contributed by atoms with Crippen molar-refractivity contribution < 1.29 is 29.1 Å². The van der Waals surface area contributed by atoms with Crippen molar-refractivity contribution in [1.29, 1.82) is 0 Å². The Balaban J connectivity index is 1.71. The Morgan fingerprint density at radius 3 is 2.41 bits per heavy atom. The molecule has 4 amide bonds. The Kier molecular flexibility index (Phi) is 10.4. The molecule has 1 aliphatic rings. The number of nitrogens with zero attached hydrogens (tertiary/aromatic N) is 2. The van der Waals surface area contributed by atoms with Crippen LogP contribution in [0.2, 0.25) is 0 Å². The molecule has 0 unspecified atom stereocenters. The predicted octanol–water partition coefficient (Wildman–Crippen LogP) is 2.14. The zero-order chi connectivity index (χ0) is 24.9. The number of nitrogens with one attached hydrogen (secondary N) is 2. The number of unbranched alkanes of at least 4 members (excludes halogenated alkanes) is 2. The van der Waals surface area contributed by atoms with Gasteiger partial charge in [-0.05, 0) is 44.1 Å². The lowest BCUT2D eigenvalue weighted by atomic mass is 10.2. The van der Waals surface area contributed by atoms with Crippen molar-refractivity contribution in [1.82, 2.24) is 15.2 Å². The van der Waals surface area contributed by atoms with Gasteiger partial charge in [0.05, 0.1) is 5.69 Å². The van der Waals surface area contributed by atoms with Crippen molar-refractivity contribution in [3.05, 3.63) is 47.7 Å². The Morgan fingerprint density at radius 1 is 1.00 bits per heavy atom. The van der Waals surface area contributed by atoms with Crippen LogP contribution in [0.25, 0.3) is 12.2 Å². The highest BCUT2D eigenvalue weighted by Crippen LogP contribution is 2.17. The van der Waals surface area contributed by atoms with E-state index in [0.29, 0.717) is 37.1 Å². The second-order valence-electron chi connectivity index (χ2n) is 7.47. The number of hydrogen-bond acceptors (Lipinski definition) is 6. The molecule has 0 fully saturated rings. The van der Waals surface area contributed by atoms with Crippen molar-refractivity contribution in [2.24, 2.45) is 0 Å². The van der Waals surface area contributed by atoms with Crippen LogP contribution in [0.3, 0.4) is 0 Å². The fraction of sp³-hybridized carbons (Fsp3) is 0.333. The summed E-state index contributed by atoms with van der Waals surface area (Å²) in [6, 6.07) is 3.36. The van der Waals surface area contributed by atoms with Gasteiger partial charge in [-0.25, -0.2) is 9.78 Å². The first-order chi connectivity index (χ1) is 16.3. The maximum atomic E-state index is 12.3. The number of rotatable bonds is 13. The number of aromatic nitrogens is 1. The van der Waals surface area contributed by atoms with E-state index in [1.807, 2.05) is 6.92 Å². The SMILES string of the molecule is C/C=C/c1ccc(/C=C/C(=O)O)c(NC(=O)CCNC(=O)CCCCCN2C(=O)C=CC2=O)n1. The van der Waals surface area contributed by atoms with Crippen LogP contribution in [0.4, 0.5) is 5.82 Å². The summed E-state index contributed by atoms with van der Waals surface area (Å²) in [5, 5.41) is 14.2. The average Bonchev–Trinajstić information content (AvgIpc) is 3.10. The van der Waals surface area contributed by atoms with Gasteiger partial charge in [-0.2, -0.15) is 0 Å². The van der Waals surface area contributed by atoms with Crippen LogP contribution in [0.5, 0.6) is 0 Å². The van der Waals surface area contributed by atoms with E-state index in [1.54, 1.807) is 24.3 Å². The summed E-state index contributed by atoms with van der Waals surface area (Å²) in [5.41, 5.74) is 1.05. The normalized spacial score (nSPS) is 13.3. The fourth-order valence-electron chi connectivity index (χ4n) is 3.13. The summed E-state index contributed by atoms with van der Waals surface area (Å²) in [7, 11) is 0. The Morgan fingerprint density at radius 2 is 1.74 bits per heavy atom. The molecular formula is C24H28N4O6. The maximum absolute atomic E-state index is 12.3. The number of carboxylic acids is 1. The summed E-state index contributed by atoms with van der Waals surface area (Å²) in [4.78, 5) is 63.5. The molecule has 10 nitrogen and oxygen atoms in total. The number of carboxylic acid groups (broad SMARTS) is 1. The first kappa shape index (κ1) is 26.2. The average molecular weight is 469 g/mol. The molecule has 34 heavy (non-hydrogen) atoms. The highest BCUT2D eigenvalue weighted by molar-refractivity contribution is 6.12. The molecular weight excluding hydrogens is 440 g/mol. The first-order valence-corrected chi connectivity index (χ1v) is 10.9. The van der Waals surface area contributed by atoms with Gasteiger partial charge in [0.15, 0.2) is 0 Å². The zero-order valence-corrected chi connectivity index (χ0v) is 19.0. The van der Waals surface area contributed by atoms with Gasteiger partial charge < -0.3 is 15.7 Å². The number of carbonyl (C=O) groups is 5. The summed E-state index contributed by atoms with van der Waals surface area (Å²) in [6.45, 7) is 2.30. The van der Waals surface area contributed by atoms with Crippen molar-refractivity contribution in [3.8, 4) is 0 Å². The lowest BCUT2D eigenvalue weighted by Gasteiger charge is -2.13. The molecule has 2 rings (SSSR count). The minimum absolute atomic E-state index is 0.0233. The van der Waals surface area contributed by atoms with Crippen LogP contribution in [0, 0.1) is 0 Å². The third-order valence-corrected chi connectivity index (χ3v) is 4.81. The van der Waals surface area contributed by atoms with Gasteiger partial charge in [-0.15, -0.1) is 0 Å². The maximum Gasteiger partial charge on any atom is 0.328 e. The third kappa shape index (κ3) is 8.81. The van der Waals surface area contributed by atoms with Crippen LogP contribution in [0.1, 0.15) is 50.3 Å². The van der Waals surface area contributed by atoms with Gasteiger partial charge in [0.2, 0.25) is 11.8 Å². The quantitative estimate of drug-likeness (QED) is 0.228. The third-order valence-electron chi connectivity index (χ3n) is 4.81. The van der Waals surface area contributed by atoms with Crippen LogP contribution in [0.15, 0.2) is 36.4 Å². The molecule has 0 radical (unpaired) electrons. The molecule has 0 aromatic carbocycles. The van der Waals surface area contributed by atoms with E-state index < -0.39 is 5.97 Å². The van der Waals surface area contributed by atoms with Gasteiger partial charge in [-0.1, -0.05) is 12.5 Å². The molecule has 1 aromatic heterocycles. The molecule has 0 atom stereocenters. The number of allylic oxidation sites excluding steroid dienone is 1. The van der Waals surface area contributed by atoms with Crippen molar-refractivity contribution >= 4 is 47.6 Å². The van der Waals surface area contributed by atoms with E-state index >= 15 is 0 Å². The summed E-state index contributed by atoms with van der Waals surface area (Å²) in [6.07, 6.45) is 10.5. The Bertz CT molecular complexity index is 1010. The molecule has 0 saturated heterocycles. The van der Waals surface area contributed by atoms with Gasteiger partial charge in [-0.3, -0.25) is 24.1 Å². The van der Waals surface area contributed by atoms with E-state index in [-0.39, 0.29) is 48.8 Å². The molecule has 0 bridgehead atoms. The number of anilines is 1. The van der Waals surface area contributed by atoms with Crippen molar-refractivity contribution in [2.75, 3.05) is 18.4 Å². The second kappa shape index (κ2) is 13.5. The minimum Gasteiger partial charge on any atom is -0.478 e. The summed E-state index contributed by atoms with van der Waals surface area (Å²) in [5.74, 6) is -2.07. The Labute approximate surface area is 197 Å². The molecule has 0 saturated carbocycles. The highest BCUT2D eigenvalue weighted by atomic mass is 16.4. The number of pyridine rings is 1. The van der Waals surface area contributed by atoms with Crippen LogP contribution in [-0.2, 0) is 24.0 Å². The van der Waals surface area contributed by atoms with Gasteiger partial charge in [0.25, 0.3) is 11.8 Å². The molecule has 0 aliphatic carbocycles. The topological polar surface area (TPSA) is 146 Å². The van der Waals surface area contributed by atoms with Gasteiger partial charge >= 0.3 is 5.97 Å². The molecule has 1 aromatic rings. The van der Waals surface area contributed by atoms with Crippen LogP contribution < -0.4 is 10.6 Å². The molecule has 1 aliphatic heterocycles. The van der Waals surface area contributed by atoms with Crippen LogP contribution in [-0.4, -0.2) is 57.7 Å². The molecule has 0 spiro atoms. The molecule has 3 N–H and O–H groups in total. The van der Waals surface area contributed by atoms with Crippen molar-refractivity contribution in [3.63, 3.8) is 0 Å². The van der Waals surface area contributed by atoms with Gasteiger partial charge in [0.1, 0.15) is 5.82 Å². The largest absolute Gasteiger partial charge is 0.478 e. The predicted molar refractivity (Wildman–Crippen MR) is 126 cm³/mol. The Hall–Kier alpha value is -4.08. The number of carbonyl (C=O) groups excluding carboxylic acids is 4. The van der Waals surface area contributed by atoms with E-state index in [9.17, 15) is 24.0 Å². The van der Waals surface area contributed by atoms with E-state index in [1.165, 1.54) is 23.1 Å². The molecule has 2 heterocycles. The summed E-state index contributed by atoms with van der Waals surface area (Å²) < 4.78 is 0. The smallest absolute Gasteiger partial charge is 0.328 e. The summed E-state index contributed by atoms with van der Waals surface area (Å²) >= 11 is 0. The first-order valence-electron chi connectivity index (χ1n) is 10.9. The zero-order valence-electron chi connectivity index (χ0n) is 19.0. The second-order valence-corrected chi connectivity index (χ2v) is 7.47. The van der Waals surface area contributed by atoms with Gasteiger partial charge in [0, 0.05) is 49.7 Å². The molecule has 180 valence electrons. The minimum atomic E-state index is -1.12. The highest BCUT2D eigenvalue weighted by Gasteiger charge is 2.22. The number of aliphatic carboxylic acids is 1. The fourth-order valence-corrected chi connectivity index (χ4v) is 3.13. The lowest BCUT2D eigenvalue weighted by molar-refractivity contribution is -0.137. The lowest BCUT2D eigenvalue weighted by Crippen LogP contribution is -2.31. The van der Waals surface area contributed by atoms with E-state index in [0.717, 1.165) is 6.08 Å². The number of hydrogen-bond donors (Lipinski definition) is 3. The van der Waals surface area contributed by atoms with Crippen molar-refractivity contribution in [2.45, 2.75) is 39.0 Å². The van der Waals surface area contributed by atoms with E-state index in [4.69, 9.17) is 5.11 Å². The standard InChI is InChI=1S/C24H28N4O6/c1-2-6-18-10-8-17(9-13-23(33)34)24(26-18)27-20(30)14-15-25-19(29)7-4-3-5-16-28-21(31)11-12-22(28)32/h2,6,8-13H,3-5,7,14-16H2,1H3,(H,25,29)(H,33,34)(H,26,27,30)/b6-2+,13-9+. The number of amides is 4. The monoisotopic (exact) mass is 468 g/mol. The number of imide groups is 1. The van der Waals surface area contributed by atoms with E-state index in [2.05, 4.69) is 15.6 Å².